The lowest BCUT2D eigenvalue weighted by Crippen LogP contribution is -2.61. The number of Topliss-reactive ketones (excluding diaryl/α,β-unsaturated/α-hetero) is 3. The third-order valence-corrected chi connectivity index (χ3v) is 16.7. The summed E-state index contributed by atoms with van der Waals surface area (Å²) in [5, 5.41) is 22.7. The van der Waals surface area contributed by atoms with Gasteiger partial charge in [0.15, 0.2) is 18.0 Å². The summed E-state index contributed by atoms with van der Waals surface area (Å²) in [6.07, 6.45) is 11.0. The molecule has 3 aliphatic heterocycles. The lowest BCUT2D eigenvalue weighted by molar-refractivity contribution is -0.265. The van der Waals surface area contributed by atoms with Gasteiger partial charge in [0.1, 0.15) is 17.9 Å². The number of ketones is 3. The molecule has 1 saturated carbocycles. The summed E-state index contributed by atoms with van der Waals surface area (Å²) in [4.78, 5) is 87.4. The van der Waals surface area contributed by atoms with Crippen molar-refractivity contribution in [3.8, 4) is 0 Å². The van der Waals surface area contributed by atoms with E-state index in [9.17, 15) is 39.0 Å². The maximum Gasteiger partial charge on any atom is 0.329 e. The fraction of sp³-hybridized carbons (Fsp3) is 0.778. The van der Waals surface area contributed by atoms with Crippen LogP contribution in [-0.2, 0) is 76.1 Å². The number of aliphatic hydroxyl groups excluding tert-OH is 1. The van der Waals surface area contributed by atoms with Crippen LogP contribution < -0.4 is 0 Å². The number of esters is 2. The first kappa shape index (κ1) is 70.5. The van der Waals surface area contributed by atoms with Crippen molar-refractivity contribution in [2.45, 2.75) is 200 Å². The molecule has 3 fully saturated rings. The van der Waals surface area contributed by atoms with E-state index in [0.717, 1.165) is 5.57 Å². The van der Waals surface area contributed by atoms with Gasteiger partial charge in [-0.2, -0.15) is 0 Å². The van der Waals surface area contributed by atoms with Crippen LogP contribution in [0.15, 0.2) is 47.6 Å². The maximum absolute atomic E-state index is 14.6. The first-order valence-electron chi connectivity index (χ1n) is 30.2. The van der Waals surface area contributed by atoms with Crippen molar-refractivity contribution in [3.05, 3.63) is 47.6 Å². The van der Waals surface area contributed by atoms with Crippen LogP contribution in [0.5, 0.6) is 0 Å². The van der Waals surface area contributed by atoms with Crippen molar-refractivity contribution in [2.75, 3.05) is 80.7 Å². The van der Waals surface area contributed by atoms with Crippen molar-refractivity contribution in [3.63, 3.8) is 0 Å². The van der Waals surface area contributed by atoms with Crippen molar-refractivity contribution in [1.82, 2.24) is 4.90 Å². The first-order chi connectivity index (χ1) is 39.2. The Labute approximate surface area is 488 Å². The molecule has 466 valence electrons. The minimum atomic E-state index is -2.46. The molecule has 19 heteroatoms. The number of carbonyl (C=O) groups is 6. The number of piperidine rings is 1. The zero-order valence-corrected chi connectivity index (χ0v) is 51.2. The summed E-state index contributed by atoms with van der Waals surface area (Å²) >= 11 is 0. The Morgan fingerprint density at radius 2 is 1.46 bits per heavy atom. The van der Waals surface area contributed by atoms with Crippen LogP contribution in [0.1, 0.15) is 145 Å². The largest absolute Gasteiger partial charge is 0.460 e. The number of hydrogen-bond donors (Lipinski definition) is 2. The van der Waals surface area contributed by atoms with Crippen LogP contribution in [0.3, 0.4) is 0 Å². The molecule has 2 N–H and O–H groups in total. The van der Waals surface area contributed by atoms with E-state index in [2.05, 4.69) is 0 Å². The highest BCUT2D eigenvalue weighted by atomic mass is 16.6. The molecule has 0 spiro atoms. The molecule has 1 amide bonds. The number of nitrogens with zero attached hydrogens (tertiary/aromatic N) is 1. The number of aliphatic hydroxyl groups is 2. The molecular formula is C63H101NO18. The molecule has 0 aromatic rings. The fourth-order valence-electron chi connectivity index (χ4n) is 11.6. The van der Waals surface area contributed by atoms with Gasteiger partial charge >= 0.3 is 11.9 Å². The van der Waals surface area contributed by atoms with Gasteiger partial charge in [-0.05, 0) is 120 Å². The Kier molecular flexibility index (Phi) is 31.6. The molecule has 0 unspecified atom stereocenters. The van der Waals surface area contributed by atoms with Gasteiger partial charge in [-0.1, -0.05) is 71.1 Å². The third-order valence-electron chi connectivity index (χ3n) is 16.7. The van der Waals surface area contributed by atoms with E-state index < -0.39 is 95.8 Å². The predicted octanol–water partition coefficient (Wildman–Crippen LogP) is 7.60. The van der Waals surface area contributed by atoms with Crippen molar-refractivity contribution >= 4 is 35.2 Å². The van der Waals surface area contributed by atoms with E-state index in [1.807, 2.05) is 65.0 Å². The summed E-state index contributed by atoms with van der Waals surface area (Å²) in [5.74, 6) is -9.08. The summed E-state index contributed by atoms with van der Waals surface area (Å²) < 4.78 is 58.1. The Hall–Kier alpha value is -4.02. The Bertz CT molecular complexity index is 2130. The molecule has 19 nitrogen and oxygen atoms in total. The van der Waals surface area contributed by atoms with Crippen molar-refractivity contribution in [2.24, 2.45) is 35.5 Å². The molecule has 0 aromatic heterocycles. The molecule has 2 bridgehead atoms. The second-order valence-electron chi connectivity index (χ2n) is 23.2. The number of methoxy groups -OCH3 is 3. The zero-order valence-electron chi connectivity index (χ0n) is 51.2. The molecular weight excluding hydrogens is 1060 g/mol. The van der Waals surface area contributed by atoms with Crippen molar-refractivity contribution in [1.29, 1.82) is 0 Å². The smallest absolute Gasteiger partial charge is 0.329 e. The quantitative estimate of drug-likeness (QED) is 0.0487. The highest BCUT2D eigenvalue weighted by molar-refractivity contribution is 6.39. The van der Waals surface area contributed by atoms with Gasteiger partial charge < -0.3 is 62.5 Å². The number of allylic oxidation sites excluding steroid dienone is 6. The predicted molar refractivity (Wildman–Crippen MR) is 307 cm³/mol. The Morgan fingerprint density at radius 3 is 2.12 bits per heavy atom. The second-order valence-corrected chi connectivity index (χ2v) is 23.2. The van der Waals surface area contributed by atoms with E-state index in [1.165, 1.54) is 12.0 Å². The minimum absolute atomic E-state index is 0.0222. The maximum atomic E-state index is 14.6. The van der Waals surface area contributed by atoms with E-state index in [-0.39, 0.29) is 61.9 Å². The average molecular weight is 1160 g/mol. The number of carbonyl (C=O) groups excluding carboxylic acids is 6. The highest BCUT2D eigenvalue weighted by Gasteiger charge is 2.53. The number of fused-ring (bicyclic) bond motifs is 3. The normalized spacial score (nSPS) is 34.4. The summed E-state index contributed by atoms with van der Waals surface area (Å²) in [5.41, 5.74) is 1.27. The van der Waals surface area contributed by atoms with Crippen LogP contribution in [0.4, 0.5) is 0 Å². The van der Waals surface area contributed by atoms with Gasteiger partial charge in [0.2, 0.25) is 5.79 Å². The van der Waals surface area contributed by atoms with Crippen molar-refractivity contribution < 1.29 is 86.3 Å². The molecule has 0 aromatic carbocycles. The highest BCUT2D eigenvalue weighted by Crippen LogP contribution is 2.38. The molecule has 82 heavy (non-hydrogen) atoms. The number of ether oxygens (including phenoxy) is 10. The van der Waals surface area contributed by atoms with E-state index >= 15 is 0 Å². The third kappa shape index (κ3) is 22.1. The van der Waals surface area contributed by atoms with Gasteiger partial charge in [0.05, 0.1) is 64.1 Å². The van der Waals surface area contributed by atoms with Crippen LogP contribution in [0, 0.1) is 35.5 Å². The SMILES string of the molecule is CCOCCOCCOCCOCCCC(=O)O[C@@H]1/C(C)=C/[C@@H](C)C(=O)C[C@@H]([C@H](C)C[C@@H]2CC[C@@H](O)[C@H](OC)C2)OC(=O)[C@@H]2CCCCN2C(=O)C(=O)[C@]2(O)O[C@@H](CC[C@H]2C)C[C@H](OC)/C(C)=C/C=C/C=C/[C@@H](C)C[C@@H](C)C(=O)[C@@H]1OC. The lowest BCUT2D eigenvalue weighted by Gasteiger charge is -2.42. The van der Waals surface area contributed by atoms with Crippen LogP contribution in [0.2, 0.25) is 0 Å². The molecule has 15 atom stereocenters. The monoisotopic (exact) mass is 1160 g/mol. The van der Waals surface area contributed by atoms with E-state index in [4.69, 9.17) is 47.4 Å². The molecule has 0 radical (unpaired) electrons. The van der Waals surface area contributed by atoms with Gasteiger partial charge in [0, 0.05) is 78.1 Å². The molecule has 4 aliphatic rings. The fourth-order valence-corrected chi connectivity index (χ4v) is 11.6. The van der Waals surface area contributed by atoms with Gasteiger partial charge in [0.25, 0.3) is 11.7 Å². The van der Waals surface area contributed by atoms with Gasteiger partial charge in [-0.25, -0.2) is 4.79 Å². The van der Waals surface area contributed by atoms with Gasteiger partial charge in [-0.3, -0.25) is 24.0 Å². The second kappa shape index (κ2) is 36.7. The summed E-state index contributed by atoms with van der Waals surface area (Å²) in [6, 6.07) is -1.18. The zero-order chi connectivity index (χ0) is 60.4. The first-order valence-corrected chi connectivity index (χ1v) is 30.2. The van der Waals surface area contributed by atoms with E-state index in [1.54, 1.807) is 41.1 Å². The Morgan fingerprint density at radius 1 is 0.780 bits per heavy atom. The minimum Gasteiger partial charge on any atom is -0.460 e. The Balaban J connectivity index is 1.66. The number of cyclic esters (lactones) is 1. The topological polar surface area (TPSA) is 238 Å². The lowest BCUT2D eigenvalue weighted by atomic mass is 9.78. The standard InChI is InChI=1S/C63H101NO18/c1-12-76-29-30-78-33-34-79-32-31-77-28-18-22-56(67)81-58-46(7)36-43(4)52(66)40-54(44(5)37-48-24-26-51(65)55(38-48)74-10)80-62(71)50-21-16-17-27-64(50)61(70)60(69)63(72)47(8)23-25-49(82-63)39-53(73-9)42(3)20-15-13-14-19-41(2)35-45(6)57(68)59(58)75-11/h13-15,19-20,36,41,43-45,47-51,53-55,58-59,65,72H,12,16-18,21-35,37-40H2,1-11H3/b15-13+,19-14+,42-20+,46-36+/t41-,43-,44-,45-,47-,48+,49+,50+,51-,53+,54+,55-,58-,59+,63-/m1/s1. The molecule has 2 saturated heterocycles. The number of amides is 1. The van der Waals surface area contributed by atoms with Crippen LogP contribution >= 0.6 is 0 Å². The molecule has 1 aliphatic carbocycles. The van der Waals surface area contributed by atoms with Crippen LogP contribution in [-0.4, -0.2) is 186 Å². The van der Waals surface area contributed by atoms with Gasteiger partial charge in [-0.15, -0.1) is 0 Å². The molecule has 4 rings (SSSR count). The molecule has 3 heterocycles. The summed E-state index contributed by atoms with van der Waals surface area (Å²) in [7, 11) is 4.52. The number of rotatable bonds is 21. The average Bonchev–Trinajstić information content (AvgIpc) is 3.49. The summed E-state index contributed by atoms with van der Waals surface area (Å²) in [6.45, 7) is 18.1. The van der Waals surface area contributed by atoms with Crippen LogP contribution in [0.25, 0.3) is 0 Å². The number of hydrogen-bond acceptors (Lipinski definition) is 18. The van der Waals surface area contributed by atoms with E-state index in [0.29, 0.717) is 122 Å².